The number of likely N-dealkylation sites (tertiary alicyclic amines) is 1. The van der Waals surface area contributed by atoms with Crippen molar-refractivity contribution in [3.63, 3.8) is 0 Å². The molecule has 1 aromatic rings. The molecule has 0 bridgehead atoms. The Kier molecular flexibility index (Phi) is 6.36. The lowest BCUT2D eigenvalue weighted by Crippen LogP contribution is -2.40. The molecule has 26 heavy (non-hydrogen) atoms. The second-order valence-corrected chi connectivity index (χ2v) is 7.28. The highest BCUT2D eigenvalue weighted by Gasteiger charge is 2.35. The van der Waals surface area contributed by atoms with Crippen LogP contribution in [0.2, 0.25) is 0 Å². The van der Waals surface area contributed by atoms with E-state index in [2.05, 4.69) is 17.1 Å². The zero-order valence-corrected chi connectivity index (χ0v) is 15.6. The van der Waals surface area contributed by atoms with Gasteiger partial charge in [-0.25, -0.2) is 4.99 Å². The fourth-order valence-electron chi connectivity index (χ4n) is 4.06. The van der Waals surface area contributed by atoms with Crippen LogP contribution in [0, 0.1) is 11.8 Å². The van der Waals surface area contributed by atoms with Gasteiger partial charge in [0.2, 0.25) is 0 Å². The zero-order valence-electron chi connectivity index (χ0n) is 15.6. The predicted molar refractivity (Wildman–Crippen MR) is 103 cm³/mol. The highest BCUT2D eigenvalue weighted by Crippen LogP contribution is 2.36. The highest BCUT2D eigenvalue weighted by molar-refractivity contribution is 5.80. The van der Waals surface area contributed by atoms with Gasteiger partial charge in [-0.15, -0.1) is 0 Å². The van der Waals surface area contributed by atoms with Gasteiger partial charge in [-0.3, -0.25) is 4.79 Å². The third kappa shape index (κ3) is 4.90. The van der Waals surface area contributed by atoms with E-state index in [9.17, 15) is 4.79 Å². The lowest BCUT2D eigenvalue weighted by Gasteiger charge is -2.22. The number of fused-ring (bicyclic) bond motifs is 1. The molecule has 3 rings (SSSR count). The number of guanidine groups is 1. The van der Waals surface area contributed by atoms with Crippen molar-refractivity contribution in [3.8, 4) is 5.75 Å². The average molecular weight is 358 g/mol. The van der Waals surface area contributed by atoms with Gasteiger partial charge >= 0.3 is 0 Å². The maximum atomic E-state index is 10.9. The quantitative estimate of drug-likeness (QED) is 0.603. The molecule has 2 atom stereocenters. The Bertz CT molecular complexity index is 632. The SMILES string of the molecule is CCNC(=NCc1cccc(OCC(N)=O)c1)N1CC2CCCCC2C1. The predicted octanol–water partition coefficient (Wildman–Crippen LogP) is 2.14. The van der Waals surface area contributed by atoms with Crippen LogP contribution in [0.25, 0.3) is 0 Å². The molecule has 6 heteroatoms. The topological polar surface area (TPSA) is 80.0 Å². The molecule has 1 saturated heterocycles. The Morgan fingerprint density at radius 3 is 2.69 bits per heavy atom. The van der Waals surface area contributed by atoms with Crippen molar-refractivity contribution in [3.05, 3.63) is 29.8 Å². The second kappa shape index (κ2) is 8.92. The highest BCUT2D eigenvalue weighted by atomic mass is 16.5. The lowest BCUT2D eigenvalue weighted by atomic mass is 9.82. The molecule has 1 aromatic carbocycles. The molecule has 3 N–H and O–H groups in total. The number of nitrogens with zero attached hydrogens (tertiary/aromatic N) is 2. The second-order valence-electron chi connectivity index (χ2n) is 7.28. The first-order valence-electron chi connectivity index (χ1n) is 9.69. The lowest BCUT2D eigenvalue weighted by molar-refractivity contribution is -0.119. The minimum atomic E-state index is -0.474. The van der Waals surface area contributed by atoms with E-state index < -0.39 is 5.91 Å². The summed E-state index contributed by atoms with van der Waals surface area (Å²) < 4.78 is 5.38. The Morgan fingerprint density at radius 2 is 2.04 bits per heavy atom. The molecule has 1 aliphatic carbocycles. The normalized spacial score (nSPS) is 22.8. The minimum absolute atomic E-state index is 0.105. The molecular weight excluding hydrogens is 328 g/mol. The molecule has 2 fully saturated rings. The molecule has 0 spiro atoms. The third-order valence-corrected chi connectivity index (χ3v) is 5.30. The number of carbonyl (C=O) groups excluding carboxylic acids is 1. The van der Waals surface area contributed by atoms with Gasteiger partial charge in [-0.2, -0.15) is 0 Å². The molecular formula is C20H30N4O2. The summed E-state index contributed by atoms with van der Waals surface area (Å²) in [5, 5.41) is 3.44. The van der Waals surface area contributed by atoms with E-state index in [1.165, 1.54) is 25.7 Å². The molecule has 2 unspecified atom stereocenters. The molecule has 6 nitrogen and oxygen atoms in total. The molecule has 1 heterocycles. The van der Waals surface area contributed by atoms with Gasteiger partial charge in [-0.1, -0.05) is 25.0 Å². The molecule has 2 aliphatic rings. The van der Waals surface area contributed by atoms with E-state index in [-0.39, 0.29) is 6.61 Å². The molecule has 1 saturated carbocycles. The van der Waals surface area contributed by atoms with Crippen LogP contribution >= 0.6 is 0 Å². The number of aliphatic imine (C=N–C) groups is 1. The maximum absolute atomic E-state index is 10.9. The monoisotopic (exact) mass is 358 g/mol. The summed E-state index contributed by atoms with van der Waals surface area (Å²) in [6.45, 7) is 5.70. The van der Waals surface area contributed by atoms with Crippen molar-refractivity contribution < 1.29 is 9.53 Å². The number of rotatable bonds is 6. The number of amides is 1. The van der Waals surface area contributed by atoms with Crippen LogP contribution in [0.3, 0.4) is 0 Å². The van der Waals surface area contributed by atoms with Crippen molar-refractivity contribution in [1.82, 2.24) is 10.2 Å². The number of primary amides is 1. The number of nitrogens with one attached hydrogen (secondary N) is 1. The summed E-state index contributed by atoms with van der Waals surface area (Å²) in [4.78, 5) is 18.1. The Hall–Kier alpha value is -2.24. The first-order chi connectivity index (χ1) is 12.7. The van der Waals surface area contributed by atoms with Gasteiger partial charge in [-0.05, 0) is 49.3 Å². The number of nitrogens with two attached hydrogens (primary N) is 1. The van der Waals surface area contributed by atoms with E-state index in [1.807, 2.05) is 24.3 Å². The van der Waals surface area contributed by atoms with Gasteiger partial charge in [0.1, 0.15) is 5.75 Å². The number of carbonyl (C=O) groups is 1. The van der Waals surface area contributed by atoms with Gasteiger partial charge in [0.25, 0.3) is 5.91 Å². The van der Waals surface area contributed by atoms with E-state index in [4.69, 9.17) is 15.5 Å². The number of ether oxygens (including phenoxy) is 1. The molecule has 0 radical (unpaired) electrons. The van der Waals surface area contributed by atoms with Crippen molar-refractivity contribution in [1.29, 1.82) is 0 Å². The smallest absolute Gasteiger partial charge is 0.255 e. The van der Waals surface area contributed by atoms with Gasteiger partial charge in [0, 0.05) is 19.6 Å². The number of hydrogen-bond acceptors (Lipinski definition) is 3. The van der Waals surface area contributed by atoms with E-state index in [0.29, 0.717) is 12.3 Å². The number of benzene rings is 1. The fourth-order valence-corrected chi connectivity index (χ4v) is 4.06. The van der Waals surface area contributed by atoms with Gasteiger partial charge in [0.05, 0.1) is 6.54 Å². The minimum Gasteiger partial charge on any atom is -0.484 e. The van der Waals surface area contributed by atoms with E-state index >= 15 is 0 Å². The van der Waals surface area contributed by atoms with Crippen LogP contribution in [-0.2, 0) is 11.3 Å². The first kappa shape index (κ1) is 18.5. The summed E-state index contributed by atoms with van der Waals surface area (Å²) in [7, 11) is 0. The van der Waals surface area contributed by atoms with Gasteiger partial charge < -0.3 is 20.7 Å². The Morgan fingerprint density at radius 1 is 1.31 bits per heavy atom. The van der Waals surface area contributed by atoms with Crippen molar-refractivity contribution in [2.45, 2.75) is 39.2 Å². The molecule has 1 amide bonds. The summed E-state index contributed by atoms with van der Waals surface area (Å²) in [5.74, 6) is 2.84. The summed E-state index contributed by atoms with van der Waals surface area (Å²) in [6, 6.07) is 7.68. The summed E-state index contributed by atoms with van der Waals surface area (Å²) in [5.41, 5.74) is 6.18. The van der Waals surface area contributed by atoms with Crippen molar-refractivity contribution >= 4 is 11.9 Å². The standard InChI is InChI=1S/C20H30N4O2/c1-2-22-20(24-12-16-7-3-4-8-17(16)13-24)23-11-15-6-5-9-18(10-15)26-14-19(21)25/h5-6,9-10,16-17H,2-4,7-8,11-14H2,1H3,(H2,21,25)(H,22,23). The Labute approximate surface area is 155 Å². The van der Waals surface area contributed by atoms with Crippen LogP contribution in [0.5, 0.6) is 5.75 Å². The van der Waals surface area contributed by atoms with Crippen LogP contribution < -0.4 is 15.8 Å². The molecule has 0 aromatic heterocycles. The van der Waals surface area contributed by atoms with Crippen LogP contribution in [0.1, 0.15) is 38.2 Å². The molecule has 142 valence electrons. The zero-order chi connectivity index (χ0) is 18.4. The number of hydrogen-bond donors (Lipinski definition) is 2. The van der Waals surface area contributed by atoms with Gasteiger partial charge in [0.15, 0.2) is 12.6 Å². The third-order valence-electron chi connectivity index (χ3n) is 5.30. The van der Waals surface area contributed by atoms with Crippen LogP contribution in [0.15, 0.2) is 29.3 Å². The largest absolute Gasteiger partial charge is 0.484 e. The Balaban J connectivity index is 1.64. The summed E-state index contributed by atoms with van der Waals surface area (Å²) >= 11 is 0. The molecule has 1 aliphatic heterocycles. The first-order valence-corrected chi connectivity index (χ1v) is 9.69. The van der Waals surface area contributed by atoms with Crippen molar-refractivity contribution in [2.24, 2.45) is 22.6 Å². The maximum Gasteiger partial charge on any atom is 0.255 e. The van der Waals surface area contributed by atoms with E-state index in [0.717, 1.165) is 43.0 Å². The van der Waals surface area contributed by atoms with Crippen LogP contribution in [0.4, 0.5) is 0 Å². The van der Waals surface area contributed by atoms with E-state index in [1.54, 1.807) is 0 Å². The summed E-state index contributed by atoms with van der Waals surface area (Å²) in [6.07, 6.45) is 5.47. The van der Waals surface area contributed by atoms with Crippen molar-refractivity contribution in [2.75, 3.05) is 26.2 Å². The fraction of sp³-hybridized carbons (Fsp3) is 0.600. The van der Waals surface area contributed by atoms with Crippen LogP contribution in [-0.4, -0.2) is 43.0 Å². The average Bonchev–Trinajstić information content (AvgIpc) is 3.08.